The maximum atomic E-state index is 13.0. The smallest absolute Gasteiger partial charge is 0.325 e. The highest BCUT2D eigenvalue weighted by Gasteiger charge is 2.30. The summed E-state index contributed by atoms with van der Waals surface area (Å²) in [6.45, 7) is 3.43. The molecule has 2 aromatic carbocycles. The number of aryl methyl sites for hydroxylation is 1. The predicted molar refractivity (Wildman–Crippen MR) is 118 cm³/mol. The Morgan fingerprint density at radius 2 is 1.79 bits per heavy atom. The molecule has 1 amide bonds. The molecular weight excluding hydrogens is 433 g/mol. The molecule has 3 aromatic rings. The van der Waals surface area contributed by atoms with Crippen molar-refractivity contribution in [2.24, 2.45) is 0 Å². The molecule has 1 aromatic heterocycles. The fourth-order valence-electron chi connectivity index (χ4n) is 3.95. The van der Waals surface area contributed by atoms with Crippen molar-refractivity contribution in [2.75, 3.05) is 11.9 Å². The molecule has 1 N–H and O–H groups in total. The number of halogens is 3. The van der Waals surface area contributed by atoms with E-state index in [4.69, 9.17) is 0 Å². The molecule has 0 spiro atoms. The number of aromatic nitrogens is 2. The van der Waals surface area contributed by atoms with Crippen LogP contribution in [0.4, 0.5) is 18.9 Å². The highest BCUT2D eigenvalue weighted by atomic mass is 19.4. The van der Waals surface area contributed by atoms with E-state index in [0.29, 0.717) is 30.9 Å². The summed E-state index contributed by atoms with van der Waals surface area (Å²) >= 11 is 0. The molecule has 0 fully saturated rings. The number of anilines is 1. The minimum absolute atomic E-state index is 0.223. The molecule has 2 heterocycles. The van der Waals surface area contributed by atoms with Crippen LogP contribution in [0.5, 0.6) is 0 Å². The van der Waals surface area contributed by atoms with Crippen LogP contribution in [0.3, 0.4) is 0 Å². The number of amides is 1. The SMILES string of the molecule is Cc1nc2c(c(=O)n1CC(=O)Nc1ccc(C(F)(F)F)cc1)CCN(Cc1ccccc1)C2. The third-order valence-corrected chi connectivity index (χ3v) is 5.64. The van der Waals surface area contributed by atoms with Crippen LogP contribution in [-0.2, 0) is 37.0 Å². The Morgan fingerprint density at radius 1 is 1.09 bits per heavy atom. The Balaban J connectivity index is 1.45. The van der Waals surface area contributed by atoms with Crippen molar-refractivity contribution < 1.29 is 18.0 Å². The molecule has 9 heteroatoms. The van der Waals surface area contributed by atoms with Crippen LogP contribution in [0.15, 0.2) is 59.4 Å². The molecule has 0 aliphatic carbocycles. The summed E-state index contributed by atoms with van der Waals surface area (Å²) in [6.07, 6.45) is -3.91. The van der Waals surface area contributed by atoms with Crippen LogP contribution in [0.1, 0.15) is 28.2 Å². The average Bonchev–Trinajstić information content (AvgIpc) is 2.77. The number of nitrogens with zero attached hydrogens (tertiary/aromatic N) is 3. The van der Waals surface area contributed by atoms with Crippen LogP contribution >= 0.6 is 0 Å². The molecule has 4 rings (SSSR count). The van der Waals surface area contributed by atoms with Gasteiger partial charge in [-0.2, -0.15) is 13.2 Å². The summed E-state index contributed by atoms with van der Waals surface area (Å²) in [5.74, 6) is -0.0916. The van der Waals surface area contributed by atoms with Crippen LogP contribution in [-0.4, -0.2) is 26.9 Å². The Morgan fingerprint density at radius 3 is 2.45 bits per heavy atom. The zero-order valence-corrected chi connectivity index (χ0v) is 18.0. The number of fused-ring (bicyclic) bond motifs is 1. The highest BCUT2D eigenvalue weighted by Crippen LogP contribution is 2.29. The zero-order valence-electron chi connectivity index (χ0n) is 18.0. The first-order chi connectivity index (χ1) is 15.7. The number of benzene rings is 2. The largest absolute Gasteiger partial charge is 0.416 e. The number of alkyl halides is 3. The number of carbonyl (C=O) groups is 1. The monoisotopic (exact) mass is 456 g/mol. The summed E-state index contributed by atoms with van der Waals surface area (Å²) in [4.78, 5) is 32.3. The molecule has 0 bridgehead atoms. The molecule has 0 saturated carbocycles. The lowest BCUT2D eigenvalue weighted by atomic mass is 10.1. The Hall–Kier alpha value is -3.46. The van der Waals surface area contributed by atoms with Gasteiger partial charge in [0.05, 0.1) is 11.3 Å². The lowest BCUT2D eigenvalue weighted by Gasteiger charge is -2.28. The van der Waals surface area contributed by atoms with Crippen molar-refractivity contribution in [1.82, 2.24) is 14.5 Å². The molecule has 33 heavy (non-hydrogen) atoms. The highest BCUT2D eigenvalue weighted by molar-refractivity contribution is 5.90. The van der Waals surface area contributed by atoms with E-state index in [-0.39, 0.29) is 17.8 Å². The van der Waals surface area contributed by atoms with Crippen molar-refractivity contribution >= 4 is 11.6 Å². The summed E-state index contributed by atoms with van der Waals surface area (Å²) in [5, 5.41) is 2.54. The molecule has 172 valence electrons. The van der Waals surface area contributed by atoms with Crippen LogP contribution in [0, 0.1) is 6.92 Å². The van der Waals surface area contributed by atoms with Gasteiger partial charge in [-0.3, -0.25) is 19.1 Å². The summed E-state index contributed by atoms with van der Waals surface area (Å²) in [7, 11) is 0. The molecule has 0 atom stereocenters. The fourth-order valence-corrected chi connectivity index (χ4v) is 3.95. The molecule has 0 radical (unpaired) electrons. The van der Waals surface area contributed by atoms with E-state index in [1.165, 1.54) is 22.3 Å². The second kappa shape index (κ2) is 9.19. The van der Waals surface area contributed by atoms with E-state index in [9.17, 15) is 22.8 Å². The fraction of sp³-hybridized carbons (Fsp3) is 0.292. The minimum atomic E-state index is -4.45. The van der Waals surface area contributed by atoms with Crippen LogP contribution in [0.2, 0.25) is 0 Å². The van der Waals surface area contributed by atoms with Crippen molar-refractivity contribution in [3.05, 3.63) is 93.2 Å². The van der Waals surface area contributed by atoms with E-state index in [2.05, 4.69) is 27.3 Å². The van der Waals surface area contributed by atoms with E-state index < -0.39 is 17.6 Å². The number of hydrogen-bond donors (Lipinski definition) is 1. The topological polar surface area (TPSA) is 67.2 Å². The van der Waals surface area contributed by atoms with Gasteiger partial charge < -0.3 is 5.32 Å². The maximum absolute atomic E-state index is 13.0. The molecule has 0 unspecified atom stereocenters. The molecular formula is C24H23F3N4O2. The number of nitrogens with one attached hydrogen (secondary N) is 1. The van der Waals surface area contributed by atoms with Crippen molar-refractivity contribution in [3.63, 3.8) is 0 Å². The zero-order chi connectivity index (χ0) is 23.6. The van der Waals surface area contributed by atoms with Crippen molar-refractivity contribution in [2.45, 2.75) is 39.2 Å². The number of hydrogen-bond acceptors (Lipinski definition) is 4. The normalized spacial score (nSPS) is 14.1. The summed E-state index contributed by atoms with van der Waals surface area (Å²) < 4.78 is 39.4. The minimum Gasteiger partial charge on any atom is -0.325 e. The second-order valence-electron chi connectivity index (χ2n) is 8.05. The standard InChI is InChI=1S/C24H23F3N4O2/c1-16-28-21-14-30(13-17-5-3-2-4-6-17)12-11-20(21)23(33)31(16)15-22(32)29-19-9-7-18(8-10-19)24(25,26)27/h2-10H,11-15H2,1H3,(H,29,32). The van der Waals surface area contributed by atoms with Crippen LogP contribution in [0.25, 0.3) is 0 Å². The summed E-state index contributed by atoms with van der Waals surface area (Å²) in [5.41, 5.74) is 1.69. The Labute approximate surface area is 188 Å². The Bertz CT molecular complexity index is 1210. The van der Waals surface area contributed by atoms with Gasteiger partial charge in [0.1, 0.15) is 12.4 Å². The quantitative estimate of drug-likeness (QED) is 0.635. The van der Waals surface area contributed by atoms with Crippen molar-refractivity contribution in [3.8, 4) is 0 Å². The summed E-state index contributed by atoms with van der Waals surface area (Å²) in [6, 6.07) is 14.2. The second-order valence-corrected chi connectivity index (χ2v) is 8.05. The van der Waals surface area contributed by atoms with E-state index in [1.807, 2.05) is 18.2 Å². The maximum Gasteiger partial charge on any atom is 0.416 e. The molecule has 1 aliphatic heterocycles. The van der Waals surface area contributed by atoms with Crippen LogP contribution < -0.4 is 10.9 Å². The molecule has 6 nitrogen and oxygen atoms in total. The predicted octanol–water partition coefficient (Wildman–Crippen LogP) is 3.77. The number of rotatable bonds is 5. The van der Waals surface area contributed by atoms with Gasteiger partial charge in [-0.15, -0.1) is 0 Å². The van der Waals surface area contributed by atoms with Gasteiger partial charge in [0.15, 0.2) is 0 Å². The van der Waals surface area contributed by atoms with Gasteiger partial charge in [-0.1, -0.05) is 30.3 Å². The lowest BCUT2D eigenvalue weighted by Crippen LogP contribution is -2.39. The Kier molecular flexibility index (Phi) is 6.33. The van der Waals surface area contributed by atoms with E-state index in [1.54, 1.807) is 6.92 Å². The molecule has 1 aliphatic rings. The first-order valence-corrected chi connectivity index (χ1v) is 10.5. The number of carbonyl (C=O) groups excluding carboxylic acids is 1. The first kappa shape index (κ1) is 22.7. The van der Waals surface area contributed by atoms with Gasteiger partial charge in [0.2, 0.25) is 5.91 Å². The molecule has 0 saturated heterocycles. The van der Waals surface area contributed by atoms with Gasteiger partial charge in [-0.25, -0.2) is 4.98 Å². The third kappa shape index (κ3) is 5.31. The van der Waals surface area contributed by atoms with Gasteiger partial charge in [-0.05, 0) is 43.2 Å². The lowest BCUT2D eigenvalue weighted by molar-refractivity contribution is -0.137. The first-order valence-electron chi connectivity index (χ1n) is 10.5. The van der Waals surface area contributed by atoms with E-state index in [0.717, 1.165) is 24.4 Å². The third-order valence-electron chi connectivity index (χ3n) is 5.64. The van der Waals surface area contributed by atoms with Gasteiger partial charge in [0, 0.05) is 30.9 Å². The average molecular weight is 456 g/mol. The van der Waals surface area contributed by atoms with Gasteiger partial charge >= 0.3 is 6.18 Å². The van der Waals surface area contributed by atoms with E-state index >= 15 is 0 Å². The van der Waals surface area contributed by atoms with Crippen molar-refractivity contribution in [1.29, 1.82) is 0 Å². The van der Waals surface area contributed by atoms with Gasteiger partial charge in [0.25, 0.3) is 5.56 Å².